The number of H-pyrrole nitrogens is 1. The number of hydrogen-bond acceptors (Lipinski definition) is 3. The largest absolute Gasteiger partial charge is 0.492 e. The molecule has 110 valence electrons. The van der Waals surface area contributed by atoms with E-state index >= 15 is 0 Å². The second-order valence-electron chi connectivity index (χ2n) is 4.45. The minimum Gasteiger partial charge on any atom is -0.492 e. The first-order chi connectivity index (χ1) is 10.1. The molecule has 0 saturated carbocycles. The van der Waals surface area contributed by atoms with Crippen LogP contribution < -0.4 is 15.6 Å². The van der Waals surface area contributed by atoms with E-state index in [1.54, 1.807) is 37.3 Å². The summed E-state index contributed by atoms with van der Waals surface area (Å²) in [6.07, 6.45) is 0. The van der Waals surface area contributed by atoms with Gasteiger partial charge in [0, 0.05) is 10.7 Å². The van der Waals surface area contributed by atoms with Crippen molar-refractivity contribution in [2.24, 2.45) is 0 Å². The van der Waals surface area contributed by atoms with Crippen LogP contribution in [0.1, 0.15) is 16.1 Å². The lowest BCUT2D eigenvalue weighted by Gasteiger charge is -2.08. The second-order valence-corrected chi connectivity index (χ2v) is 4.88. The number of amides is 1. The molecule has 2 rings (SSSR count). The Bertz CT molecular complexity index is 697. The Labute approximate surface area is 126 Å². The molecule has 0 aliphatic rings. The molecule has 5 nitrogen and oxygen atoms in total. The molecule has 0 saturated heterocycles. The van der Waals surface area contributed by atoms with Crippen LogP contribution in [-0.4, -0.2) is 24.0 Å². The molecule has 2 aromatic rings. The number of aromatic amines is 1. The smallest absolute Gasteiger partial charge is 0.260 e. The highest BCUT2D eigenvalue weighted by atomic mass is 35.5. The predicted molar refractivity (Wildman–Crippen MR) is 81.1 cm³/mol. The number of nitrogens with one attached hydrogen (secondary N) is 2. The number of aromatic nitrogens is 1. The molecule has 0 aliphatic carbocycles. The summed E-state index contributed by atoms with van der Waals surface area (Å²) in [7, 11) is 0. The van der Waals surface area contributed by atoms with E-state index in [1.807, 2.05) is 0 Å². The van der Waals surface area contributed by atoms with Crippen molar-refractivity contribution >= 4 is 17.5 Å². The Kier molecular flexibility index (Phi) is 5.00. The lowest BCUT2D eigenvalue weighted by molar-refractivity contribution is 0.0945. The van der Waals surface area contributed by atoms with Gasteiger partial charge in [-0.15, -0.1) is 0 Å². The second kappa shape index (κ2) is 6.95. The van der Waals surface area contributed by atoms with E-state index < -0.39 is 11.5 Å². The van der Waals surface area contributed by atoms with Gasteiger partial charge in [-0.25, -0.2) is 0 Å². The molecule has 1 aromatic carbocycles. The van der Waals surface area contributed by atoms with Crippen molar-refractivity contribution in [1.82, 2.24) is 10.3 Å². The minimum absolute atomic E-state index is 0.0864. The minimum atomic E-state index is -0.425. The lowest BCUT2D eigenvalue weighted by Crippen LogP contribution is -2.32. The lowest BCUT2D eigenvalue weighted by atomic mass is 10.2. The SMILES string of the molecule is Cc1ccc(C(=O)NCCOc2cccc(Cl)c2)c(=O)[nH]1. The highest BCUT2D eigenvalue weighted by Gasteiger charge is 2.09. The number of pyridine rings is 1. The van der Waals surface area contributed by atoms with Crippen molar-refractivity contribution in [1.29, 1.82) is 0 Å². The van der Waals surface area contributed by atoms with E-state index in [1.165, 1.54) is 6.07 Å². The van der Waals surface area contributed by atoms with Crippen molar-refractivity contribution < 1.29 is 9.53 Å². The van der Waals surface area contributed by atoms with E-state index in [9.17, 15) is 9.59 Å². The molecule has 1 amide bonds. The Morgan fingerprint density at radius 1 is 1.33 bits per heavy atom. The number of halogens is 1. The summed E-state index contributed by atoms with van der Waals surface area (Å²) in [5, 5.41) is 3.21. The molecule has 0 fully saturated rings. The molecule has 6 heteroatoms. The van der Waals surface area contributed by atoms with Crippen molar-refractivity contribution in [3.05, 3.63) is 63.0 Å². The van der Waals surface area contributed by atoms with Gasteiger partial charge in [0.05, 0.1) is 6.54 Å². The Hall–Kier alpha value is -2.27. The molecule has 1 heterocycles. The maximum absolute atomic E-state index is 11.8. The average molecular weight is 307 g/mol. The zero-order valence-corrected chi connectivity index (χ0v) is 12.2. The van der Waals surface area contributed by atoms with E-state index in [0.717, 1.165) is 0 Å². The van der Waals surface area contributed by atoms with Crippen LogP contribution in [0.2, 0.25) is 5.02 Å². The number of rotatable bonds is 5. The zero-order chi connectivity index (χ0) is 15.2. The van der Waals surface area contributed by atoms with Crippen LogP contribution in [0.15, 0.2) is 41.2 Å². The fourth-order valence-corrected chi connectivity index (χ4v) is 1.92. The molecule has 0 atom stereocenters. The average Bonchev–Trinajstić information content (AvgIpc) is 2.43. The van der Waals surface area contributed by atoms with Crippen molar-refractivity contribution in [3.8, 4) is 5.75 Å². The summed E-state index contributed by atoms with van der Waals surface area (Å²) in [5.74, 6) is 0.205. The zero-order valence-electron chi connectivity index (χ0n) is 11.5. The molecule has 0 unspecified atom stereocenters. The number of ether oxygens (including phenoxy) is 1. The monoisotopic (exact) mass is 306 g/mol. The molecule has 2 N–H and O–H groups in total. The van der Waals surface area contributed by atoms with Gasteiger partial charge in [0.25, 0.3) is 11.5 Å². The maximum Gasteiger partial charge on any atom is 0.260 e. The van der Waals surface area contributed by atoms with Crippen LogP contribution in [0.5, 0.6) is 5.75 Å². The van der Waals surface area contributed by atoms with Crippen LogP contribution in [0.4, 0.5) is 0 Å². The highest BCUT2D eigenvalue weighted by Crippen LogP contribution is 2.16. The first-order valence-corrected chi connectivity index (χ1v) is 6.80. The number of carbonyl (C=O) groups is 1. The van der Waals surface area contributed by atoms with Crippen LogP contribution in [0.3, 0.4) is 0 Å². The molecule has 0 aliphatic heterocycles. The van der Waals surface area contributed by atoms with Gasteiger partial charge in [-0.3, -0.25) is 9.59 Å². The fourth-order valence-electron chi connectivity index (χ4n) is 1.74. The number of carbonyl (C=O) groups excluding carboxylic acids is 1. The van der Waals surface area contributed by atoms with Gasteiger partial charge in [-0.2, -0.15) is 0 Å². The standard InChI is InChI=1S/C15H15ClN2O3/c1-10-5-6-13(15(20)18-10)14(19)17-7-8-21-12-4-2-3-11(16)9-12/h2-6,9H,7-8H2,1H3,(H,17,19)(H,18,20). The Morgan fingerprint density at radius 3 is 2.86 bits per heavy atom. The van der Waals surface area contributed by atoms with Crippen molar-refractivity contribution in [3.63, 3.8) is 0 Å². The van der Waals surface area contributed by atoms with Crippen LogP contribution >= 0.6 is 11.6 Å². The van der Waals surface area contributed by atoms with Gasteiger partial charge in [-0.05, 0) is 37.3 Å². The van der Waals surface area contributed by atoms with Gasteiger partial charge in [-0.1, -0.05) is 17.7 Å². The summed E-state index contributed by atoms with van der Waals surface area (Å²) < 4.78 is 5.44. The van der Waals surface area contributed by atoms with E-state index in [2.05, 4.69) is 10.3 Å². The third-order valence-electron chi connectivity index (χ3n) is 2.75. The van der Waals surface area contributed by atoms with Gasteiger partial charge in [0.1, 0.15) is 17.9 Å². The number of hydrogen-bond donors (Lipinski definition) is 2. The van der Waals surface area contributed by atoms with Crippen molar-refractivity contribution in [2.45, 2.75) is 6.92 Å². The van der Waals surface area contributed by atoms with E-state index in [0.29, 0.717) is 23.0 Å². The molecular weight excluding hydrogens is 292 g/mol. The van der Waals surface area contributed by atoms with Gasteiger partial charge in [0.15, 0.2) is 0 Å². The Morgan fingerprint density at radius 2 is 2.14 bits per heavy atom. The van der Waals surface area contributed by atoms with Crippen LogP contribution in [0.25, 0.3) is 0 Å². The summed E-state index contributed by atoms with van der Waals surface area (Å²) >= 11 is 5.83. The first kappa shape index (κ1) is 15.1. The summed E-state index contributed by atoms with van der Waals surface area (Å²) in [5.41, 5.74) is 0.396. The predicted octanol–water partition coefficient (Wildman–Crippen LogP) is 2.15. The maximum atomic E-state index is 11.8. The molecule has 1 aromatic heterocycles. The third-order valence-corrected chi connectivity index (χ3v) is 2.99. The summed E-state index contributed by atoms with van der Waals surface area (Å²) in [6.45, 7) is 2.33. The van der Waals surface area contributed by atoms with E-state index in [-0.39, 0.29) is 12.2 Å². The molecular formula is C15H15ClN2O3. The van der Waals surface area contributed by atoms with Gasteiger partial charge >= 0.3 is 0 Å². The summed E-state index contributed by atoms with van der Waals surface area (Å²) in [4.78, 5) is 26.0. The summed E-state index contributed by atoms with van der Waals surface area (Å²) in [6, 6.07) is 10.2. The van der Waals surface area contributed by atoms with Gasteiger partial charge < -0.3 is 15.0 Å². The quantitative estimate of drug-likeness (QED) is 0.831. The van der Waals surface area contributed by atoms with Gasteiger partial charge in [0.2, 0.25) is 0 Å². The molecule has 21 heavy (non-hydrogen) atoms. The number of aryl methyl sites for hydroxylation is 1. The first-order valence-electron chi connectivity index (χ1n) is 6.43. The van der Waals surface area contributed by atoms with Crippen molar-refractivity contribution in [2.75, 3.05) is 13.2 Å². The molecule has 0 bridgehead atoms. The highest BCUT2D eigenvalue weighted by molar-refractivity contribution is 6.30. The topological polar surface area (TPSA) is 71.2 Å². The fraction of sp³-hybridized carbons (Fsp3) is 0.200. The molecule has 0 spiro atoms. The van der Waals surface area contributed by atoms with E-state index in [4.69, 9.17) is 16.3 Å². The van der Waals surface area contributed by atoms with Crippen LogP contribution in [-0.2, 0) is 0 Å². The number of benzene rings is 1. The third kappa shape index (κ3) is 4.36. The normalized spacial score (nSPS) is 10.2. The Balaban J connectivity index is 1.83. The molecule has 0 radical (unpaired) electrons. The van der Waals surface area contributed by atoms with Crippen LogP contribution in [0, 0.1) is 6.92 Å².